The minimum absolute atomic E-state index is 0.0592. The molecular formula is C9H18N6O3. The summed E-state index contributed by atoms with van der Waals surface area (Å²) in [6.07, 6.45) is 1.55. The van der Waals surface area contributed by atoms with Crippen molar-refractivity contribution in [2.45, 2.75) is 32.1 Å². The molecule has 0 aromatic rings. The molecule has 0 radical (unpaired) electrons. The van der Waals surface area contributed by atoms with Crippen molar-refractivity contribution in [2.24, 2.45) is 22.7 Å². The van der Waals surface area contributed by atoms with E-state index in [1.807, 2.05) is 10.9 Å². The van der Waals surface area contributed by atoms with Gasteiger partial charge in [-0.25, -0.2) is 17.2 Å². The molecule has 1 unspecified atom stereocenters. The second-order valence-electron chi connectivity index (χ2n) is 3.73. The average Bonchev–Trinajstić information content (AvgIpc) is 2.40. The lowest BCUT2D eigenvalue weighted by Gasteiger charge is -2.13. The van der Waals surface area contributed by atoms with E-state index in [-0.39, 0.29) is 12.8 Å². The third-order valence-corrected chi connectivity index (χ3v) is 2.42. The van der Waals surface area contributed by atoms with Crippen LogP contribution in [0, 0.1) is 11.4 Å². The number of carbonyl (C=O) groups is 3. The molecule has 9 heteroatoms. The summed E-state index contributed by atoms with van der Waals surface area (Å²) >= 11 is 0. The molecular weight excluding hydrogens is 240 g/mol. The molecule has 1 atom stereocenters. The van der Waals surface area contributed by atoms with Crippen LogP contribution in [0.5, 0.6) is 0 Å². The third kappa shape index (κ3) is 6.66. The molecule has 0 aliphatic carbocycles. The van der Waals surface area contributed by atoms with Gasteiger partial charge in [0, 0.05) is 18.8 Å². The van der Waals surface area contributed by atoms with Crippen LogP contribution in [0.15, 0.2) is 5.11 Å². The fourth-order valence-electron chi connectivity index (χ4n) is 1.45. The maximum Gasteiger partial charge on any atom is 0.264 e. The normalized spacial score (nSPS) is 11.4. The molecule has 0 spiro atoms. The van der Waals surface area contributed by atoms with Crippen LogP contribution in [0.2, 0.25) is 0 Å². The summed E-state index contributed by atoms with van der Waals surface area (Å²) in [5, 5.41) is 2.75. The number of unbranched alkanes of at least 4 members (excludes halogenated alkanes) is 1. The fraction of sp³-hybridized carbons (Fsp3) is 0.667. The van der Waals surface area contributed by atoms with Gasteiger partial charge < -0.3 is 0 Å². The number of rotatable bonds is 8. The molecule has 0 aromatic heterocycles. The average molecular weight is 258 g/mol. The highest BCUT2D eigenvalue weighted by Gasteiger charge is 2.20. The van der Waals surface area contributed by atoms with Gasteiger partial charge in [0.25, 0.3) is 5.91 Å². The Hall–Kier alpha value is -1.87. The maximum absolute atomic E-state index is 11.4. The smallest absolute Gasteiger partial charge is 0.264 e. The quantitative estimate of drug-likeness (QED) is 0.125. The number of hydrogen-bond acceptors (Lipinski definition) is 6. The van der Waals surface area contributed by atoms with E-state index in [9.17, 15) is 14.4 Å². The second kappa shape index (κ2) is 9.19. The van der Waals surface area contributed by atoms with E-state index in [0.29, 0.717) is 19.3 Å². The van der Waals surface area contributed by atoms with E-state index in [1.54, 1.807) is 0 Å². The summed E-state index contributed by atoms with van der Waals surface area (Å²) in [5.74, 6) is 7.95. The Kier molecular flexibility index (Phi) is 8.24. The molecule has 0 saturated heterocycles. The van der Waals surface area contributed by atoms with E-state index >= 15 is 0 Å². The Morgan fingerprint density at radius 3 is 2.33 bits per heavy atom. The van der Waals surface area contributed by atoms with Gasteiger partial charge in [-0.15, -0.1) is 5.11 Å². The van der Waals surface area contributed by atoms with Gasteiger partial charge in [0.05, 0.1) is 0 Å². The fourth-order valence-corrected chi connectivity index (χ4v) is 1.45. The molecule has 0 fully saturated rings. The van der Waals surface area contributed by atoms with Crippen molar-refractivity contribution in [1.82, 2.24) is 10.9 Å². The Balaban J connectivity index is 4.09. The molecule has 9 nitrogen and oxygen atoms in total. The highest BCUT2D eigenvalue weighted by molar-refractivity contribution is 5.85. The summed E-state index contributed by atoms with van der Waals surface area (Å²) in [4.78, 5) is 33.2. The number of hydrazine groups is 2. The lowest BCUT2D eigenvalue weighted by Crippen LogP contribution is -2.39. The van der Waals surface area contributed by atoms with Crippen molar-refractivity contribution in [3.05, 3.63) is 0 Å². The first-order valence-corrected chi connectivity index (χ1v) is 5.45. The van der Waals surface area contributed by atoms with Crippen molar-refractivity contribution in [1.29, 1.82) is 5.53 Å². The summed E-state index contributed by atoms with van der Waals surface area (Å²) in [6.45, 7) is 0. The molecule has 18 heavy (non-hydrogen) atoms. The molecule has 0 aliphatic heterocycles. The molecule has 0 bridgehead atoms. The zero-order valence-electron chi connectivity index (χ0n) is 9.94. The Labute approximate surface area is 104 Å². The first-order valence-electron chi connectivity index (χ1n) is 5.45. The van der Waals surface area contributed by atoms with Crippen LogP contribution >= 0.6 is 0 Å². The number of nitrogens with two attached hydrogens (primary N) is 2. The number of hydrogen-bond donors (Lipinski definition) is 5. The topological polar surface area (TPSA) is 164 Å². The van der Waals surface area contributed by atoms with Gasteiger partial charge in [0.15, 0.2) is 0 Å². The van der Waals surface area contributed by atoms with Gasteiger partial charge in [-0.05, 0) is 12.8 Å². The molecule has 0 rings (SSSR count). The van der Waals surface area contributed by atoms with E-state index in [4.69, 9.17) is 17.2 Å². The van der Waals surface area contributed by atoms with Crippen molar-refractivity contribution in [2.75, 3.05) is 0 Å². The lowest BCUT2D eigenvalue weighted by molar-refractivity contribution is -0.130. The minimum Gasteiger partial charge on any atom is -0.294 e. The van der Waals surface area contributed by atoms with Crippen LogP contribution in [-0.4, -0.2) is 17.7 Å². The minimum atomic E-state index is -0.582. The summed E-state index contributed by atoms with van der Waals surface area (Å²) in [6, 6.07) is 0. The van der Waals surface area contributed by atoms with Gasteiger partial charge in [-0.1, -0.05) is 6.42 Å². The molecule has 3 amide bonds. The first kappa shape index (κ1) is 16.1. The van der Waals surface area contributed by atoms with Gasteiger partial charge in [-0.2, -0.15) is 0 Å². The highest BCUT2D eigenvalue weighted by Crippen LogP contribution is 2.14. The summed E-state index contributed by atoms with van der Waals surface area (Å²) < 4.78 is 0. The van der Waals surface area contributed by atoms with Gasteiger partial charge in [-0.3, -0.25) is 25.2 Å². The van der Waals surface area contributed by atoms with Crippen LogP contribution in [0.25, 0.3) is 0 Å². The van der Waals surface area contributed by atoms with Gasteiger partial charge >= 0.3 is 0 Å². The van der Waals surface area contributed by atoms with Crippen molar-refractivity contribution in [3.8, 4) is 0 Å². The van der Waals surface area contributed by atoms with E-state index in [2.05, 4.69) is 5.11 Å². The van der Waals surface area contributed by atoms with Gasteiger partial charge in [0.2, 0.25) is 11.8 Å². The molecule has 102 valence electrons. The van der Waals surface area contributed by atoms with Crippen LogP contribution in [0.4, 0.5) is 0 Å². The van der Waals surface area contributed by atoms with Crippen LogP contribution < -0.4 is 22.5 Å². The molecule has 0 aromatic carbocycles. The monoisotopic (exact) mass is 258 g/mol. The molecule has 0 aliphatic rings. The number of amides is 3. The molecule has 7 N–H and O–H groups in total. The zero-order valence-corrected chi connectivity index (χ0v) is 9.94. The van der Waals surface area contributed by atoms with Crippen LogP contribution in [0.3, 0.4) is 0 Å². The Bertz CT molecular complexity index is 319. The third-order valence-electron chi connectivity index (χ3n) is 2.42. The Morgan fingerprint density at radius 1 is 1.17 bits per heavy atom. The van der Waals surface area contributed by atoms with Crippen LogP contribution in [-0.2, 0) is 14.4 Å². The standard InChI is InChI=1S/C9H18N6O3/c10-13-7(16)4-2-1-3-6(9(18)15-12)5-8(17)14-11/h6,10H,1-5,11-12H2,(H,14,17)(H,15,18). The summed E-state index contributed by atoms with van der Waals surface area (Å²) in [7, 11) is 0. The predicted octanol–water partition coefficient (Wildman–Crippen LogP) is -0.910. The second-order valence-corrected chi connectivity index (χ2v) is 3.73. The van der Waals surface area contributed by atoms with Crippen molar-refractivity contribution < 1.29 is 14.4 Å². The lowest BCUT2D eigenvalue weighted by atomic mass is 9.96. The van der Waals surface area contributed by atoms with Crippen molar-refractivity contribution in [3.63, 3.8) is 0 Å². The largest absolute Gasteiger partial charge is 0.294 e. The SMILES string of the molecule is N=NC(=O)CCCCC(CC(=O)NN)C(=O)NN. The zero-order chi connectivity index (χ0) is 14.0. The Morgan fingerprint density at radius 2 is 1.83 bits per heavy atom. The summed E-state index contributed by atoms with van der Waals surface area (Å²) in [5.41, 5.74) is 10.4. The van der Waals surface area contributed by atoms with E-state index < -0.39 is 23.6 Å². The maximum atomic E-state index is 11.4. The predicted molar refractivity (Wildman–Crippen MR) is 61.4 cm³/mol. The van der Waals surface area contributed by atoms with E-state index in [1.165, 1.54) is 0 Å². The highest BCUT2D eigenvalue weighted by atomic mass is 16.2. The number of carbonyl (C=O) groups excluding carboxylic acids is 3. The van der Waals surface area contributed by atoms with Crippen molar-refractivity contribution >= 4 is 17.7 Å². The van der Waals surface area contributed by atoms with Gasteiger partial charge in [0.1, 0.15) is 0 Å². The number of nitrogens with one attached hydrogen (secondary N) is 3. The molecule has 0 heterocycles. The van der Waals surface area contributed by atoms with Crippen LogP contribution in [0.1, 0.15) is 32.1 Å². The molecule has 0 saturated carbocycles. The number of nitrogens with zero attached hydrogens (tertiary/aromatic N) is 1. The van der Waals surface area contributed by atoms with E-state index in [0.717, 1.165) is 0 Å². The first-order chi connectivity index (χ1) is 8.54.